The number of likely N-dealkylation sites (tertiary alicyclic amines) is 1. The van der Waals surface area contributed by atoms with Crippen molar-refractivity contribution in [2.24, 2.45) is 0 Å². The van der Waals surface area contributed by atoms with Crippen molar-refractivity contribution in [1.29, 1.82) is 0 Å². The van der Waals surface area contributed by atoms with Gasteiger partial charge < -0.3 is 15.2 Å². The lowest BCUT2D eigenvalue weighted by atomic mass is 9.98. The van der Waals surface area contributed by atoms with Crippen LogP contribution in [-0.2, 0) is 9.59 Å². The van der Waals surface area contributed by atoms with Crippen molar-refractivity contribution in [2.75, 3.05) is 31.5 Å². The first-order chi connectivity index (χ1) is 16.4. The molecule has 0 radical (unpaired) electrons. The van der Waals surface area contributed by atoms with E-state index < -0.39 is 23.4 Å². The summed E-state index contributed by atoms with van der Waals surface area (Å²) in [6, 6.07) is 8.91. The Hall–Kier alpha value is -3.73. The fourth-order valence-electron chi connectivity index (χ4n) is 3.76. The SMILES string of the molecule is O=C(CN1CCCC(c2nc(-c3cccc(F)c3)no2)C1)NCC(=O)Nc1ccc(F)c(F)c1. The van der Waals surface area contributed by atoms with E-state index in [2.05, 4.69) is 20.8 Å². The van der Waals surface area contributed by atoms with Gasteiger partial charge in [-0.2, -0.15) is 4.98 Å². The lowest BCUT2D eigenvalue weighted by Crippen LogP contribution is -2.43. The summed E-state index contributed by atoms with van der Waals surface area (Å²) in [5.41, 5.74) is 0.609. The van der Waals surface area contributed by atoms with Gasteiger partial charge in [-0.05, 0) is 43.7 Å². The lowest BCUT2D eigenvalue weighted by Gasteiger charge is -2.30. The molecule has 8 nitrogen and oxygen atoms in total. The molecule has 1 aliphatic heterocycles. The van der Waals surface area contributed by atoms with E-state index in [1.165, 1.54) is 18.2 Å². The maximum absolute atomic E-state index is 13.5. The van der Waals surface area contributed by atoms with Crippen LogP contribution in [0.4, 0.5) is 18.9 Å². The van der Waals surface area contributed by atoms with Gasteiger partial charge in [0.05, 0.1) is 19.0 Å². The van der Waals surface area contributed by atoms with E-state index in [1.807, 2.05) is 4.90 Å². The van der Waals surface area contributed by atoms with Gasteiger partial charge >= 0.3 is 0 Å². The highest BCUT2D eigenvalue weighted by Crippen LogP contribution is 2.27. The predicted octanol–water partition coefficient (Wildman–Crippen LogP) is 3.09. The molecule has 2 amide bonds. The van der Waals surface area contributed by atoms with Crippen molar-refractivity contribution in [1.82, 2.24) is 20.4 Å². The number of hydrogen-bond donors (Lipinski definition) is 2. The number of amides is 2. The van der Waals surface area contributed by atoms with Gasteiger partial charge in [-0.15, -0.1) is 0 Å². The highest BCUT2D eigenvalue weighted by molar-refractivity contribution is 5.94. The molecule has 1 atom stereocenters. The van der Waals surface area contributed by atoms with Crippen LogP contribution >= 0.6 is 0 Å². The van der Waals surface area contributed by atoms with Gasteiger partial charge in [0.1, 0.15) is 5.82 Å². The summed E-state index contributed by atoms with van der Waals surface area (Å²) in [7, 11) is 0. The summed E-state index contributed by atoms with van der Waals surface area (Å²) >= 11 is 0. The van der Waals surface area contributed by atoms with Crippen molar-refractivity contribution in [2.45, 2.75) is 18.8 Å². The zero-order chi connectivity index (χ0) is 24.1. The fourth-order valence-corrected chi connectivity index (χ4v) is 3.76. The Bertz CT molecular complexity index is 1190. The molecule has 2 aromatic carbocycles. The van der Waals surface area contributed by atoms with Gasteiger partial charge in [0.25, 0.3) is 0 Å². The van der Waals surface area contributed by atoms with E-state index in [0.29, 0.717) is 30.4 Å². The quantitative estimate of drug-likeness (QED) is 0.547. The van der Waals surface area contributed by atoms with Gasteiger partial charge in [0, 0.05) is 23.9 Å². The topological polar surface area (TPSA) is 100 Å². The molecule has 0 spiro atoms. The molecule has 2 N–H and O–H groups in total. The van der Waals surface area contributed by atoms with Crippen LogP contribution < -0.4 is 10.6 Å². The van der Waals surface area contributed by atoms with Gasteiger partial charge in [-0.1, -0.05) is 17.3 Å². The molecular weight excluding hydrogens is 451 g/mol. The number of nitrogens with one attached hydrogen (secondary N) is 2. The third-order valence-corrected chi connectivity index (χ3v) is 5.40. The highest BCUT2D eigenvalue weighted by Gasteiger charge is 2.27. The number of halogens is 3. The molecule has 1 saturated heterocycles. The van der Waals surface area contributed by atoms with Crippen LogP contribution in [0.2, 0.25) is 0 Å². The first-order valence-electron chi connectivity index (χ1n) is 10.7. The minimum Gasteiger partial charge on any atom is -0.346 e. The predicted molar refractivity (Wildman–Crippen MR) is 116 cm³/mol. The van der Waals surface area contributed by atoms with Crippen LogP contribution in [0.15, 0.2) is 47.0 Å². The van der Waals surface area contributed by atoms with E-state index in [1.54, 1.807) is 12.1 Å². The van der Waals surface area contributed by atoms with Crippen LogP contribution in [0.1, 0.15) is 24.7 Å². The smallest absolute Gasteiger partial charge is 0.243 e. The molecule has 3 aromatic rings. The number of rotatable bonds is 7. The van der Waals surface area contributed by atoms with E-state index in [4.69, 9.17) is 4.52 Å². The highest BCUT2D eigenvalue weighted by atomic mass is 19.2. The number of hydrogen-bond acceptors (Lipinski definition) is 6. The van der Waals surface area contributed by atoms with Crippen LogP contribution in [0, 0.1) is 17.5 Å². The number of nitrogens with zero attached hydrogens (tertiary/aromatic N) is 3. The second kappa shape index (κ2) is 10.5. The second-order valence-corrected chi connectivity index (χ2v) is 7.99. The van der Waals surface area contributed by atoms with Crippen molar-refractivity contribution in [3.8, 4) is 11.4 Å². The minimum absolute atomic E-state index is 0.0693. The molecule has 1 fully saturated rings. The number of carbonyl (C=O) groups excluding carboxylic acids is 2. The van der Waals surface area contributed by atoms with Crippen molar-refractivity contribution in [3.05, 3.63) is 65.8 Å². The lowest BCUT2D eigenvalue weighted by molar-refractivity contribution is -0.125. The fraction of sp³-hybridized carbons (Fsp3) is 0.304. The summed E-state index contributed by atoms with van der Waals surface area (Å²) in [6.07, 6.45) is 1.62. The molecule has 0 aliphatic carbocycles. The molecule has 11 heteroatoms. The summed E-state index contributed by atoms with van der Waals surface area (Å²) in [6.45, 7) is 0.963. The van der Waals surface area contributed by atoms with Gasteiger partial charge in [0.2, 0.25) is 23.5 Å². The average molecular weight is 473 g/mol. The van der Waals surface area contributed by atoms with Crippen molar-refractivity contribution in [3.63, 3.8) is 0 Å². The van der Waals surface area contributed by atoms with E-state index >= 15 is 0 Å². The molecule has 34 heavy (non-hydrogen) atoms. The maximum Gasteiger partial charge on any atom is 0.243 e. The first-order valence-corrected chi connectivity index (χ1v) is 10.7. The van der Waals surface area contributed by atoms with E-state index in [0.717, 1.165) is 25.0 Å². The Morgan fingerprint density at radius 2 is 1.94 bits per heavy atom. The summed E-state index contributed by atoms with van der Waals surface area (Å²) < 4.78 is 45.0. The molecule has 1 aromatic heterocycles. The number of anilines is 1. The van der Waals surface area contributed by atoms with E-state index in [-0.39, 0.29) is 30.6 Å². The summed E-state index contributed by atoms with van der Waals surface area (Å²) in [4.78, 5) is 30.6. The molecule has 2 heterocycles. The molecule has 1 unspecified atom stereocenters. The zero-order valence-electron chi connectivity index (χ0n) is 18.1. The molecule has 0 bridgehead atoms. The summed E-state index contributed by atoms with van der Waals surface area (Å²) in [5, 5.41) is 8.85. The Labute approximate surface area is 193 Å². The van der Waals surface area contributed by atoms with Crippen molar-refractivity contribution < 1.29 is 27.3 Å². The number of benzene rings is 2. The van der Waals surface area contributed by atoms with Gasteiger partial charge in [0.15, 0.2) is 11.6 Å². The molecule has 4 rings (SSSR count). The molecule has 178 valence electrons. The van der Waals surface area contributed by atoms with Crippen LogP contribution in [-0.4, -0.2) is 53.0 Å². The van der Waals surface area contributed by atoms with Gasteiger partial charge in [-0.3, -0.25) is 14.5 Å². The maximum atomic E-state index is 13.5. The third-order valence-electron chi connectivity index (χ3n) is 5.40. The minimum atomic E-state index is -1.08. The first kappa shape index (κ1) is 23.4. The van der Waals surface area contributed by atoms with Crippen LogP contribution in [0.25, 0.3) is 11.4 Å². The van der Waals surface area contributed by atoms with E-state index in [9.17, 15) is 22.8 Å². The van der Waals surface area contributed by atoms with Crippen LogP contribution in [0.3, 0.4) is 0 Å². The Morgan fingerprint density at radius 3 is 2.74 bits per heavy atom. The van der Waals surface area contributed by atoms with Crippen LogP contribution in [0.5, 0.6) is 0 Å². The van der Waals surface area contributed by atoms with Crippen molar-refractivity contribution >= 4 is 17.5 Å². The van der Waals surface area contributed by atoms with Gasteiger partial charge in [-0.25, -0.2) is 13.2 Å². The number of carbonyl (C=O) groups is 2. The Kier molecular flexibility index (Phi) is 7.21. The standard InChI is InChI=1S/C23H22F3N5O3/c24-16-5-1-3-14(9-16)22-29-23(34-30-22)15-4-2-8-31(12-15)13-21(33)27-11-20(32)28-17-6-7-18(25)19(26)10-17/h1,3,5-7,9-10,15H,2,4,8,11-13H2,(H,27,33)(H,28,32). The average Bonchev–Trinajstić information content (AvgIpc) is 3.31. The third kappa shape index (κ3) is 5.98. The zero-order valence-corrected chi connectivity index (χ0v) is 18.1. The normalized spacial score (nSPS) is 16.3. The molecule has 1 aliphatic rings. The summed E-state index contributed by atoms with van der Waals surface area (Å²) in [5.74, 6) is -2.75. The Balaban J connectivity index is 1.26. The molecular formula is C23H22F3N5O3. The number of piperidine rings is 1. The monoisotopic (exact) mass is 473 g/mol. The second-order valence-electron chi connectivity index (χ2n) is 7.99. The number of aromatic nitrogens is 2. The molecule has 0 saturated carbocycles. The Morgan fingerprint density at radius 1 is 1.09 bits per heavy atom. The largest absolute Gasteiger partial charge is 0.346 e.